The number of hydrogen-bond acceptors (Lipinski definition) is 3. The molecule has 0 atom stereocenters. The van der Waals surface area contributed by atoms with Crippen LogP contribution in [-0.4, -0.2) is 24.5 Å². The second-order valence-electron chi connectivity index (χ2n) is 5.93. The molecule has 0 N–H and O–H groups in total. The smallest absolute Gasteiger partial charge is 0.233 e. The minimum Gasteiger partial charge on any atom is -0.233 e. The molecule has 0 saturated carbocycles. The van der Waals surface area contributed by atoms with E-state index in [2.05, 4.69) is 11.0 Å². The lowest BCUT2D eigenvalue weighted by atomic mass is 10.1. The zero-order valence-corrected chi connectivity index (χ0v) is 15.1. The molecule has 0 aliphatic carbocycles. The highest BCUT2D eigenvalue weighted by atomic mass is 32.2. The first-order valence-electron chi connectivity index (χ1n) is 7.75. The van der Waals surface area contributed by atoms with Gasteiger partial charge >= 0.3 is 6.18 Å². The van der Waals surface area contributed by atoms with Crippen LogP contribution >= 0.6 is 0 Å². The van der Waals surface area contributed by atoms with Crippen molar-refractivity contribution in [1.82, 2.24) is 9.78 Å². The first-order valence-corrected chi connectivity index (χ1v) is 9.64. The van der Waals surface area contributed by atoms with E-state index in [9.17, 15) is 26.0 Å². The average Bonchev–Trinajstić information content (AvgIpc) is 3.07. The topological polar surface area (TPSA) is 52.0 Å². The summed E-state index contributed by atoms with van der Waals surface area (Å²) in [5.41, 5.74) is -0.910. The molecule has 0 fully saturated rings. The number of hydrogen-bond donors (Lipinski definition) is 0. The summed E-state index contributed by atoms with van der Waals surface area (Å²) in [7, 11) is -3.47. The Bertz CT molecular complexity index is 1190. The van der Waals surface area contributed by atoms with Crippen LogP contribution in [0.3, 0.4) is 0 Å². The molecule has 0 saturated heterocycles. The molecule has 0 bridgehead atoms. The Morgan fingerprint density at radius 1 is 1.07 bits per heavy atom. The van der Waals surface area contributed by atoms with Gasteiger partial charge < -0.3 is 0 Å². The zero-order valence-electron chi connectivity index (χ0n) is 14.3. The Balaban J connectivity index is 2.19. The number of benzene rings is 2. The lowest BCUT2D eigenvalue weighted by molar-refractivity contribution is -0.141. The molecule has 0 spiro atoms. The monoisotopic (exact) mass is 408 g/mol. The van der Waals surface area contributed by atoms with Crippen molar-refractivity contribution in [3.8, 4) is 29.3 Å². The van der Waals surface area contributed by atoms with Crippen molar-refractivity contribution in [3.63, 3.8) is 0 Å². The number of halogens is 4. The maximum Gasteiger partial charge on any atom is 0.435 e. The Hall–Kier alpha value is -3.12. The van der Waals surface area contributed by atoms with Gasteiger partial charge in [0.1, 0.15) is 5.82 Å². The van der Waals surface area contributed by atoms with E-state index in [1.807, 2.05) is 0 Å². The molecule has 0 aliphatic heterocycles. The van der Waals surface area contributed by atoms with E-state index in [-0.39, 0.29) is 27.4 Å². The van der Waals surface area contributed by atoms with E-state index < -0.39 is 27.5 Å². The summed E-state index contributed by atoms with van der Waals surface area (Å²) in [4.78, 5) is 0.00502. The molecule has 3 rings (SSSR count). The predicted molar refractivity (Wildman–Crippen MR) is 95.0 cm³/mol. The van der Waals surface area contributed by atoms with Crippen LogP contribution in [0.15, 0.2) is 53.4 Å². The molecule has 3 aromatic rings. The quantitative estimate of drug-likeness (QED) is 0.485. The summed E-state index contributed by atoms with van der Waals surface area (Å²) in [6.45, 7) is 0. The van der Waals surface area contributed by atoms with E-state index in [1.54, 1.807) is 0 Å². The van der Waals surface area contributed by atoms with Crippen LogP contribution in [-0.2, 0) is 16.0 Å². The van der Waals surface area contributed by atoms with Gasteiger partial charge in [-0.1, -0.05) is 12.0 Å². The zero-order chi connectivity index (χ0) is 20.7. The fraction of sp³-hybridized carbons (Fsp3) is 0.105. The largest absolute Gasteiger partial charge is 0.435 e. The van der Waals surface area contributed by atoms with Gasteiger partial charge in [-0.3, -0.25) is 0 Å². The van der Waals surface area contributed by atoms with Gasteiger partial charge in [-0.05, 0) is 42.5 Å². The van der Waals surface area contributed by atoms with Crippen molar-refractivity contribution in [2.45, 2.75) is 11.1 Å². The van der Waals surface area contributed by atoms with Gasteiger partial charge in [-0.2, -0.15) is 18.3 Å². The third kappa shape index (κ3) is 3.77. The first-order chi connectivity index (χ1) is 13.0. The summed E-state index contributed by atoms with van der Waals surface area (Å²) in [5, 5.41) is 3.57. The molecule has 4 nitrogen and oxygen atoms in total. The maximum atomic E-state index is 14.0. The molecule has 0 unspecified atom stereocenters. The van der Waals surface area contributed by atoms with Crippen molar-refractivity contribution >= 4 is 9.84 Å². The number of aromatic nitrogens is 2. The van der Waals surface area contributed by atoms with Crippen molar-refractivity contribution in [1.29, 1.82) is 0 Å². The van der Waals surface area contributed by atoms with E-state index in [4.69, 9.17) is 6.42 Å². The van der Waals surface area contributed by atoms with Crippen LogP contribution in [0.4, 0.5) is 17.6 Å². The average molecular weight is 408 g/mol. The van der Waals surface area contributed by atoms with Crippen LogP contribution in [0.1, 0.15) is 11.3 Å². The van der Waals surface area contributed by atoms with Crippen molar-refractivity contribution in [2.24, 2.45) is 0 Å². The highest BCUT2D eigenvalue weighted by molar-refractivity contribution is 7.90. The minimum absolute atomic E-state index is 0.00502. The van der Waals surface area contributed by atoms with Gasteiger partial charge in [0.15, 0.2) is 15.5 Å². The summed E-state index contributed by atoms with van der Waals surface area (Å²) >= 11 is 0. The number of rotatable bonds is 3. The summed E-state index contributed by atoms with van der Waals surface area (Å²) in [5.74, 6) is 1.38. The van der Waals surface area contributed by atoms with Gasteiger partial charge in [0, 0.05) is 11.8 Å². The summed E-state index contributed by atoms with van der Waals surface area (Å²) < 4.78 is 77.7. The van der Waals surface area contributed by atoms with Crippen molar-refractivity contribution < 1.29 is 26.0 Å². The lowest BCUT2D eigenvalue weighted by Gasteiger charge is -2.09. The fourth-order valence-electron chi connectivity index (χ4n) is 2.55. The summed E-state index contributed by atoms with van der Waals surface area (Å²) in [6, 6.07) is 9.62. The van der Waals surface area contributed by atoms with Crippen LogP contribution in [0.5, 0.6) is 0 Å². The lowest BCUT2D eigenvalue weighted by Crippen LogP contribution is -2.07. The molecule has 2 aromatic carbocycles. The van der Waals surface area contributed by atoms with Gasteiger partial charge in [-0.15, -0.1) is 6.42 Å². The van der Waals surface area contributed by atoms with Crippen molar-refractivity contribution in [3.05, 3.63) is 65.6 Å². The van der Waals surface area contributed by atoms with Gasteiger partial charge in [0.05, 0.1) is 21.8 Å². The number of nitrogens with zero attached hydrogens (tertiary/aromatic N) is 2. The highest BCUT2D eigenvalue weighted by Gasteiger charge is 2.35. The highest BCUT2D eigenvalue weighted by Crippen LogP contribution is 2.33. The molecule has 144 valence electrons. The van der Waals surface area contributed by atoms with Crippen LogP contribution < -0.4 is 0 Å². The summed E-state index contributed by atoms with van der Waals surface area (Å²) in [6.07, 6.45) is 1.46. The molecular weight excluding hydrogens is 396 g/mol. The first kappa shape index (κ1) is 19.6. The Morgan fingerprint density at radius 3 is 2.21 bits per heavy atom. The van der Waals surface area contributed by atoms with Gasteiger partial charge in [0.2, 0.25) is 0 Å². The second-order valence-corrected chi connectivity index (χ2v) is 7.95. The van der Waals surface area contributed by atoms with E-state index in [0.29, 0.717) is 0 Å². The maximum absolute atomic E-state index is 14.0. The predicted octanol–water partition coefficient (Wildman–Crippen LogP) is 4.08. The minimum atomic E-state index is -4.72. The van der Waals surface area contributed by atoms with E-state index in [1.165, 1.54) is 36.4 Å². The van der Waals surface area contributed by atoms with Gasteiger partial charge in [0.25, 0.3) is 0 Å². The number of sulfone groups is 1. The third-order valence-electron chi connectivity index (χ3n) is 3.93. The molecule has 0 aliphatic rings. The molecule has 0 radical (unpaired) electrons. The fourth-order valence-corrected chi connectivity index (χ4v) is 3.18. The second kappa shape index (κ2) is 6.80. The number of alkyl halides is 3. The molecule has 1 heterocycles. The third-order valence-corrected chi connectivity index (χ3v) is 5.06. The molecule has 0 amide bonds. The molecule has 9 heteroatoms. The van der Waals surface area contributed by atoms with E-state index >= 15 is 0 Å². The van der Waals surface area contributed by atoms with E-state index in [0.717, 1.165) is 23.1 Å². The normalized spacial score (nSPS) is 12.0. The van der Waals surface area contributed by atoms with Gasteiger partial charge in [-0.25, -0.2) is 17.5 Å². The van der Waals surface area contributed by atoms with Crippen LogP contribution in [0, 0.1) is 18.2 Å². The Labute approximate surface area is 158 Å². The number of terminal acetylenes is 1. The molecule has 1 aromatic heterocycles. The standard InChI is InChI=1S/C19H12F4N2O2S/c1-3-12-4-5-13(10-16(12)20)17-11-18(19(21,22)23)24-25(17)14-6-8-15(9-7-14)28(2,26)27/h1,4-11H,2H3. The van der Waals surface area contributed by atoms with Crippen molar-refractivity contribution in [2.75, 3.05) is 6.26 Å². The molecular formula is C19H12F4N2O2S. The molecule has 28 heavy (non-hydrogen) atoms. The SMILES string of the molecule is C#Cc1ccc(-c2cc(C(F)(F)F)nn2-c2ccc(S(C)(=O)=O)cc2)cc1F. The van der Waals surface area contributed by atoms with Crippen LogP contribution in [0.25, 0.3) is 16.9 Å². The van der Waals surface area contributed by atoms with Crippen LogP contribution in [0.2, 0.25) is 0 Å². The Kier molecular flexibility index (Phi) is 4.77. The Morgan fingerprint density at radius 2 is 1.71 bits per heavy atom.